The van der Waals surface area contributed by atoms with E-state index in [0.29, 0.717) is 0 Å². The van der Waals surface area contributed by atoms with Crippen molar-refractivity contribution in [1.29, 1.82) is 0 Å². The summed E-state index contributed by atoms with van der Waals surface area (Å²) in [4.78, 5) is 11.5. The third kappa shape index (κ3) is 2.51. The van der Waals surface area contributed by atoms with Gasteiger partial charge in [-0.05, 0) is 32.1 Å². The Morgan fingerprint density at radius 3 is 2.73 bits per heavy atom. The molecule has 0 bridgehead atoms. The lowest BCUT2D eigenvalue weighted by molar-refractivity contribution is -0.149. The number of carbonyl (C=O) groups is 1. The van der Waals surface area contributed by atoms with Gasteiger partial charge in [0.05, 0.1) is 0 Å². The molecule has 3 heteroatoms. The summed E-state index contributed by atoms with van der Waals surface area (Å²) in [5, 5.41) is 12.8. The molecule has 0 amide bonds. The number of hydrogen-bond acceptors (Lipinski definition) is 2. The standard InChI is InChI=1S/C12H23NO2/c1-4-10(3)13-12(11(14)15)8-6-5-7-9(12)2/h9-10,13H,4-8H2,1-3H3,(H,14,15). The van der Waals surface area contributed by atoms with E-state index in [-0.39, 0.29) is 12.0 Å². The first kappa shape index (κ1) is 12.5. The van der Waals surface area contributed by atoms with Crippen molar-refractivity contribution in [2.75, 3.05) is 0 Å². The molecule has 1 fully saturated rings. The first-order valence-electron chi connectivity index (χ1n) is 6.04. The second kappa shape index (κ2) is 4.97. The Labute approximate surface area is 92.3 Å². The minimum absolute atomic E-state index is 0.234. The molecule has 1 aliphatic carbocycles. The molecule has 0 saturated heterocycles. The van der Waals surface area contributed by atoms with Gasteiger partial charge in [0.15, 0.2) is 0 Å². The second-order valence-corrected chi connectivity index (χ2v) is 4.88. The molecule has 3 atom stereocenters. The van der Waals surface area contributed by atoms with Crippen LogP contribution in [-0.4, -0.2) is 22.7 Å². The van der Waals surface area contributed by atoms with E-state index in [9.17, 15) is 9.90 Å². The molecule has 0 heterocycles. The van der Waals surface area contributed by atoms with Crippen LogP contribution in [-0.2, 0) is 4.79 Å². The molecule has 2 N–H and O–H groups in total. The largest absolute Gasteiger partial charge is 0.480 e. The molecule has 1 saturated carbocycles. The van der Waals surface area contributed by atoms with Gasteiger partial charge in [0.2, 0.25) is 0 Å². The Morgan fingerprint density at radius 2 is 2.27 bits per heavy atom. The molecule has 0 aromatic rings. The maximum Gasteiger partial charge on any atom is 0.324 e. The van der Waals surface area contributed by atoms with Gasteiger partial charge in [-0.15, -0.1) is 0 Å². The normalized spacial score (nSPS) is 33.7. The monoisotopic (exact) mass is 213 g/mol. The Hall–Kier alpha value is -0.570. The lowest BCUT2D eigenvalue weighted by atomic mass is 9.73. The summed E-state index contributed by atoms with van der Waals surface area (Å²) in [6.07, 6.45) is 4.96. The van der Waals surface area contributed by atoms with Crippen molar-refractivity contribution in [3.05, 3.63) is 0 Å². The quantitative estimate of drug-likeness (QED) is 0.754. The van der Waals surface area contributed by atoms with E-state index in [0.717, 1.165) is 25.7 Å². The highest BCUT2D eigenvalue weighted by Crippen LogP contribution is 2.34. The lowest BCUT2D eigenvalue weighted by Gasteiger charge is -2.41. The molecule has 0 aromatic heterocycles. The zero-order valence-electron chi connectivity index (χ0n) is 10.0. The summed E-state index contributed by atoms with van der Waals surface area (Å²) < 4.78 is 0. The van der Waals surface area contributed by atoms with Crippen LogP contribution in [0.2, 0.25) is 0 Å². The van der Waals surface area contributed by atoms with Crippen molar-refractivity contribution >= 4 is 5.97 Å². The summed E-state index contributed by atoms with van der Waals surface area (Å²) in [6.45, 7) is 6.20. The van der Waals surface area contributed by atoms with Gasteiger partial charge in [0.25, 0.3) is 0 Å². The van der Waals surface area contributed by atoms with Crippen LogP contribution in [0.15, 0.2) is 0 Å². The summed E-state index contributed by atoms with van der Waals surface area (Å²) >= 11 is 0. The van der Waals surface area contributed by atoms with Crippen molar-refractivity contribution in [2.45, 2.75) is 64.5 Å². The van der Waals surface area contributed by atoms with Gasteiger partial charge in [-0.2, -0.15) is 0 Å². The van der Waals surface area contributed by atoms with Crippen LogP contribution >= 0.6 is 0 Å². The molecule has 1 aliphatic rings. The second-order valence-electron chi connectivity index (χ2n) is 4.88. The molecule has 88 valence electrons. The van der Waals surface area contributed by atoms with E-state index in [4.69, 9.17) is 0 Å². The van der Waals surface area contributed by atoms with Crippen LogP contribution in [0, 0.1) is 5.92 Å². The topological polar surface area (TPSA) is 49.3 Å². The third-order valence-corrected chi connectivity index (χ3v) is 3.80. The van der Waals surface area contributed by atoms with Crippen molar-refractivity contribution < 1.29 is 9.90 Å². The Kier molecular flexibility index (Phi) is 4.14. The third-order valence-electron chi connectivity index (χ3n) is 3.80. The predicted molar refractivity (Wildman–Crippen MR) is 60.9 cm³/mol. The van der Waals surface area contributed by atoms with Gasteiger partial charge in [0, 0.05) is 6.04 Å². The minimum Gasteiger partial charge on any atom is -0.480 e. The average Bonchev–Trinajstić information content (AvgIpc) is 2.21. The molecule has 0 aliphatic heterocycles. The van der Waals surface area contributed by atoms with E-state index in [1.54, 1.807) is 0 Å². The van der Waals surface area contributed by atoms with Crippen LogP contribution in [0.1, 0.15) is 52.9 Å². The van der Waals surface area contributed by atoms with Gasteiger partial charge < -0.3 is 5.11 Å². The first-order chi connectivity index (χ1) is 7.03. The van der Waals surface area contributed by atoms with Crippen LogP contribution < -0.4 is 5.32 Å². The van der Waals surface area contributed by atoms with Crippen molar-refractivity contribution in [3.63, 3.8) is 0 Å². The lowest BCUT2D eigenvalue weighted by Crippen LogP contribution is -2.60. The number of hydrogen-bond donors (Lipinski definition) is 2. The van der Waals surface area contributed by atoms with E-state index in [1.165, 1.54) is 6.42 Å². The zero-order valence-corrected chi connectivity index (χ0v) is 10.0. The maximum atomic E-state index is 11.5. The molecule has 15 heavy (non-hydrogen) atoms. The summed E-state index contributed by atoms with van der Waals surface area (Å²) in [5.41, 5.74) is -0.673. The molecular formula is C12H23NO2. The van der Waals surface area contributed by atoms with E-state index in [2.05, 4.69) is 26.1 Å². The van der Waals surface area contributed by atoms with Gasteiger partial charge in [-0.25, -0.2) is 0 Å². The molecule has 3 unspecified atom stereocenters. The smallest absolute Gasteiger partial charge is 0.324 e. The van der Waals surface area contributed by atoms with Crippen molar-refractivity contribution in [1.82, 2.24) is 5.32 Å². The summed E-state index contributed by atoms with van der Waals surface area (Å²) in [6, 6.07) is 0.279. The number of aliphatic carboxylic acids is 1. The first-order valence-corrected chi connectivity index (χ1v) is 6.04. The van der Waals surface area contributed by atoms with Crippen molar-refractivity contribution in [2.24, 2.45) is 5.92 Å². The number of carboxylic acid groups (broad SMARTS) is 1. The van der Waals surface area contributed by atoms with E-state index in [1.807, 2.05) is 0 Å². The number of nitrogens with one attached hydrogen (secondary N) is 1. The minimum atomic E-state index is -0.673. The van der Waals surface area contributed by atoms with E-state index < -0.39 is 11.5 Å². The fourth-order valence-electron chi connectivity index (χ4n) is 2.48. The molecule has 1 rings (SSSR count). The average molecular weight is 213 g/mol. The van der Waals surface area contributed by atoms with Gasteiger partial charge in [-0.1, -0.05) is 26.7 Å². The number of rotatable bonds is 4. The highest BCUT2D eigenvalue weighted by atomic mass is 16.4. The highest BCUT2D eigenvalue weighted by molar-refractivity contribution is 5.79. The molecule has 0 spiro atoms. The fourth-order valence-corrected chi connectivity index (χ4v) is 2.48. The van der Waals surface area contributed by atoms with E-state index >= 15 is 0 Å². The zero-order chi connectivity index (χ0) is 11.5. The van der Waals surface area contributed by atoms with Crippen LogP contribution in [0.4, 0.5) is 0 Å². The van der Waals surface area contributed by atoms with Crippen LogP contribution in [0.3, 0.4) is 0 Å². The maximum absolute atomic E-state index is 11.5. The number of carboxylic acids is 1. The fraction of sp³-hybridized carbons (Fsp3) is 0.917. The van der Waals surface area contributed by atoms with Crippen molar-refractivity contribution in [3.8, 4) is 0 Å². The SMILES string of the molecule is CCC(C)NC1(C(=O)O)CCCCC1C. The Balaban J connectivity index is 2.81. The van der Waals surface area contributed by atoms with Crippen LogP contribution in [0.5, 0.6) is 0 Å². The van der Waals surface area contributed by atoms with Gasteiger partial charge in [0.1, 0.15) is 5.54 Å². The van der Waals surface area contributed by atoms with Crippen LogP contribution in [0.25, 0.3) is 0 Å². The van der Waals surface area contributed by atoms with Gasteiger partial charge >= 0.3 is 5.97 Å². The molecule has 3 nitrogen and oxygen atoms in total. The predicted octanol–water partition coefficient (Wildman–Crippen LogP) is 2.41. The molecule has 0 aromatic carbocycles. The highest BCUT2D eigenvalue weighted by Gasteiger charge is 2.45. The molecular weight excluding hydrogens is 190 g/mol. The Morgan fingerprint density at radius 1 is 1.60 bits per heavy atom. The molecule has 0 radical (unpaired) electrons. The Bertz CT molecular complexity index is 230. The van der Waals surface area contributed by atoms with Gasteiger partial charge in [-0.3, -0.25) is 10.1 Å². The summed E-state index contributed by atoms with van der Waals surface area (Å²) in [7, 11) is 0. The summed E-state index contributed by atoms with van der Waals surface area (Å²) in [5.74, 6) is -0.437.